The molecule has 1 N–H and O–H groups in total. The van der Waals surface area contributed by atoms with Gasteiger partial charge in [-0.2, -0.15) is 0 Å². The zero-order valence-corrected chi connectivity index (χ0v) is 11.6. The molecule has 1 aliphatic heterocycles. The maximum absolute atomic E-state index is 14.1. The Hall–Kier alpha value is -1.20. The van der Waals surface area contributed by atoms with Crippen molar-refractivity contribution < 1.29 is 9.50 Å². The predicted molar refractivity (Wildman–Crippen MR) is 73.7 cm³/mol. The third kappa shape index (κ3) is 3.04. The molecule has 1 saturated heterocycles. The van der Waals surface area contributed by atoms with E-state index >= 15 is 0 Å². The highest BCUT2D eigenvalue weighted by atomic mass is 19.1. The molecule has 1 aliphatic rings. The minimum absolute atomic E-state index is 0.288. The van der Waals surface area contributed by atoms with Crippen LogP contribution in [0.4, 0.5) is 10.2 Å². The van der Waals surface area contributed by atoms with Crippen molar-refractivity contribution in [2.75, 3.05) is 31.6 Å². The second-order valence-corrected chi connectivity index (χ2v) is 5.04. The van der Waals surface area contributed by atoms with Crippen LogP contribution in [0.25, 0.3) is 0 Å². The molecule has 1 aromatic heterocycles. The number of pyridine rings is 1. The van der Waals surface area contributed by atoms with E-state index in [0.29, 0.717) is 17.4 Å². The summed E-state index contributed by atoms with van der Waals surface area (Å²) in [5.74, 6) is -0.0491. The van der Waals surface area contributed by atoms with Gasteiger partial charge in [0.1, 0.15) is 0 Å². The Morgan fingerprint density at radius 3 is 2.74 bits per heavy atom. The van der Waals surface area contributed by atoms with Crippen LogP contribution < -0.4 is 4.90 Å². The Morgan fingerprint density at radius 1 is 1.47 bits per heavy atom. The van der Waals surface area contributed by atoms with Gasteiger partial charge in [0.25, 0.3) is 0 Å². The van der Waals surface area contributed by atoms with Crippen LogP contribution >= 0.6 is 0 Å². The Bertz CT molecular complexity index is 419. The van der Waals surface area contributed by atoms with E-state index in [1.54, 1.807) is 6.20 Å². The molecule has 5 heteroatoms. The average molecular weight is 267 g/mol. The highest BCUT2D eigenvalue weighted by Gasteiger charge is 2.24. The lowest BCUT2D eigenvalue weighted by molar-refractivity contribution is 0.220. The predicted octanol–water partition coefficient (Wildman–Crippen LogP) is 1.63. The number of aromatic nitrogens is 1. The summed E-state index contributed by atoms with van der Waals surface area (Å²) in [6, 6.07) is 1.84. The summed E-state index contributed by atoms with van der Waals surface area (Å²) < 4.78 is 14.1. The lowest BCUT2D eigenvalue weighted by Gasteiger charge is -2.37. The molecule has 2 rings (SSSR count). The molecule has 1 fully saturated rings. The van der Waals surface area contributed by atoms with Gasteiger partial charge >= 0.3 is 0 Å². The molecule has 0 unspecified atom stereocenters. The van der Waals surface area contributed by atoms with Crippen LogP contribution in [-0.4, -0.2) is 47.7 Å². The van der Waals surface area contributed by atoms with Crippen molar-refractivity contribution in [3.63, 3.8) is 0 Å². The number of aliphatic hydroxyl groups is 1. The number of anilines is 1. The number of hydrogen-bond donors (Lipinski definition) is 1. The molecule has 0 spiro atoms. The molecule has 0 atom stereocenters. The monoisotopic (exact) mass is 267 g/mol. The average Bonchev–Trinajstić information content (AvgIpc) is 2.47. The highest BCUT2D eigenvalue weighted by molar-refractivity contribution is 5.43. The first-order chi connectivity index (χ1) is 9.17. The normalized spacial score (nSPS) is 17.7. The van der Waals surface area contributed by atoms with Gasteiger partial charge in [0.2, 0.25) is 0 Å². The molecule has 2 heterocycles. The van der Waals surface area contributed by atoms with E-state index in [4.69, 9.17) is 5.11 Å². The van der Waals surface area contributed by atoms with Crippen molar-refractivity contribution in [3.05, 3.63) is 23.6 Å². The molecule has 0 aliphatic carbocycles. The van der Waals surface area contributed by atoms with E-state index in [9.17, 15) is 4.39 Å². The Balaban J connectivity index is 2.10. The molecule has 4 nitrogen and oxygen atoms in total. The quantitative estimate of drug-likeness (QED) is 0.900. The summed E-state index contributed by atoms with van der Waals surface area (Å²) in [6.07, 6.45) is 3.60. The molecule has 0 radical (unpaired) electrons. The molecular weight excluding hydrogens is 245 g/mol. The summed E-state index contributed by atoms with van der Waals surface area (Å²) in [5, 5.41) is 9.11. The van der Waals surface area contributed by atoms with Crippen molar-refractivity contribution in [1.29, 1.82) is 0 Å². The van der Waals surface area contributed by atoms with Gasteiger partial charge in [-0.1, -0.05) is 6.92 Å². The summed E-state index contributed by atoms with van der Waals surface area (Å²) in [5.41, 5.74) is 0.308. The molecule has 0 saturated carbocycles. The van der Waals surface area contributed by atoms with Gasteiger partial charge in [0, 0.05) is 37.9 Å². The van der Waals surface area contributed by atoms with Gasteiger partial charge in [-0.25, -0.2) is 9.37 Å². The number of rotatable bonds is 4. The van der Waals surface area contributed by atoms with Crippen molar-refractivity contribution in [1.82, 2.24) is 9.88 Å². The lowest BCUT2D eigenvalue weighted by Crippen LogP contribution is -2.43. The first kappa shape index (κ1) is 14.2. The van der Waals surface area contributed by atoms with Crippen LogP contribution in [0.1, 0.15) is 25.3 Å². The maximum Gasteiger partial charge on any atom is 0.171 e. The molecule has 19 heavy (non-hydrogen) atoms. The lowest BCUT2D eigenvalue weighted by atomic mass is 10.0. The Morgan fingerprint density at radius 2 is 2.16 bits per heavy atom. The number of halogens is 1. The van der Waals surface area contributed by atoms with Gasteiger partial charge in [0.05, 0.1) is 6.61 Å². The third-order valence-corrected chi connectivity index (χ3v) is 4.01. The van der Waals surface area contributed by atoms with Crippen molar-refractivity contribution in [2.45, 2.75) is 32.4 Å². The molecule has 0 bridgehead atoms. The maximum atomic E-state index is 14.1. The largest absolute Gasteiger partial charge is 0.392 e. The minimum Gasteiger partial charge on any atom is -0.392 e. The number of nitrogens with zero attached hydrogens (tertiary/aromatic N) is 3. The van der Waals surface area contributed by atoms with E-state index in [-0.39, 0.29) is 6.61 Å². The molecule has 1 aromatic rings. The van der Waals surface area contributed by atoms with Crippen LogP contribution in [0.3, 0.4) is 0 Å². The SMILES string of the molecule is CCN1CCC(N(C)c2nccc(CO)c2F)CC1. The summed E-state index contributed by atoms with van der Waals surface area (Å²) in [7, 11) is 1.89. The van der Waals surface area contributed by atoms with Crippen LogP contribution in [0, 0.1) is 5.82 Å². The van der Waals surface area contributed by atoms with E-state index in [1.165, 1.54) is 6.07 Å². The molecule has 106 valence electrons. The minimum atomic E-state index is -0.398. The van der Waals surface area contributed by atoms with Crippen molar-refractivity contribution in [3.8, 4) is 0 Å². The molecule has 0 amide bonds. The smallest absolute Gasteiger partial charge is 0.171 e. The first-order valence-corrected chi connectivity index (χ1v) is 6.86. The van der Waals surface area contributed by atoms with Gasteiger partial charge < -0.3 is 14.9 Å². The van der Waals surface area contributed by atoms with Gasteiger partial charge in [-0.05, 0) is 25.5 Å². The van der Waals surface area contributed by atoms with E-state index in [2.05, 4.69) is 16.8 Å². The van der Waals surface area contributed by atoms with Crippen LogP contribution in [0.15, 0.2) is 12.3 Å². The Labute approximate surface area is 113 Å². The second-order valence-electron chi connectivity index (χ2n) is 5.04. The van der Waals surface area contributed by atoms with Crippen molar-refractivity contribution >= 4 is 5.82 Å². The molecular formula is C14H22FN3O. The van der Waals surface area contributed by atoms with Crippen LogP contribution in [0.5, 0.6) is 0 Å². The summed E-state index contributed by atoms with van der Waals surface area (Å²) in [6.45, 7) is 5.04. The second kappa shape index (κ2) is 6.30. The summed E-state index contributed by atoms with van der Waals surface area (Å²) >= 11 is 0. The van der Waals surface area contributed by atoms with Crippen LogP contribution in [0.2, 0.25) is 0 Å². The van der Waals surface area contributed by atoms with Crippen molar-refractivity contribution in [2.24, 2.45) is 0 Å². The Kier molecular flexibility index (Phi) is 4.71. The first-order valence-electron chi connectivity index (χ1n) is 6.86. The number of hydrogen-bond acceptors (Lipinski definition) is 4. The topological polar surface area (TPSA) is 39.6 Å². The summed E-state index contributed by atoms with van der Waals surface area (Å²) in [4.78, 5) is 8.45. The zero-order valence-electron chi connectivity index (χ0n) is 11.6. The standard InChI is InChI=1S/C14H22FN3O/c1-3-18-8-5-12(6-9-18)17(2)14-13(15)11(10-19)4-7-16-14/h4,7,12,19H,3,5-6,8-10H2,1-2H3. The van der Waals surface area contributed by atoms with Gasteiger partial charge in [0.15, 0.2) is 11.6 Å². The van der Waals surface area contributed by atoms with Gasteiger partial charge in [-0.3, -0.25) is 0 Å². The molecule has 0 aromatic carbocycles. The number of piperidine rings is 1. The fourth-order valence-electron chi connectivity index (χ4n) is 2.64. The van der Waals surface area contributed by atoms with Gasteiger partial charge in [-0.15, -0.1) is 0 Å². The van der Waals surface area contributed by atoms with E-state index < -0.39 is 5.82 Å². The fourth-order valence-corrected chi connectivity index (χ4v) is 2.64. The van der Waals surface area contributed by atoms with E-state index in [0.717, 1.165) is 32.5 Å². The number of likely N-dealkylation sites (tertiary alicyclic amines) is 1. The third-order valence-electron chi connectivity index (χ3n) is 4.01. The fraction of sp³-hybridized carbons (Fsp3) is 0.643. The number of aliphatic hydroxyl groups excluding tert-OH is 1. The van der Waals surface area contributed by atoms with Crippen LogP contribution in [-0.2, 0) is 6.61 Å². The highest BCUT2D eigenvalue weighted by Crippen LogP contribution is 2.24. The van der Waals surface area contributed by atoms with E-state index in [1.807, 2.05) is 11.9 Å². The zero-order chi connectivity index (χ0) is 13.8.